The van der Waals surface area contributed by atoms with Crippen molar-refractivity contribution in [1.82, 2.24) is 19.3 Å². The highest BCUT2D eigenvalue weighted by atomic mass is 32.1. The lowest BCUT2D eigenvalue weighted by molar-refractivity contribution is -0.917. The fourth-order valence-electron chi connectivity index (χ4n) is 2.56. The van der Waals surface area contributed by atoms with Crippen LogP contribution in [0.1, 0.15) is 10.8 Å². The molecule has 0 saturated carbocycles. The first-order chi connectivity index (χ1) is 11.1. The number of thiazole rings is 1. The molecule has 0 aliphatic carbocycles. The number of para-hydroxylation sites is 1. The third kappa shape index (κ3) is 3.41. The van der Waals surface area contributed by atoms with E-state index in [1.807, 2.05) is 28.3 Å². The largest absolute Gasteiger partial charge is 0.313 e. The van der Waals surface area contributed by atoms with Gasteiger partial charge in [-0.1, -0.05) is 18.2 Å². The lowest BCUT2D eigenvalue weighted by Crippen LogP contribution is -3.07. The van der Waals surface area contributed by atoms with Gasteiger partial charge in [0, 0.05) is 6.54 Å². The van der Waals surface area contributed by atoms with Crippen molar-refractivity contribution in [2.75, 3.05) is 7.05 Å². The second-order valence-corrected chi connectivity index (χ2v) is 7.08. The number of allylic oxidation sites excluding steroid dienone is 1. The molecule has 0 spiro atoms. The number of nitrogens with zero attached hydrogens (tertiary/aromatic N) is 4. The SMILES string of the molecule is C=CCn1c(C)nn(C[NH+](C)Cc2nc3ccccc3s2)c1=S. The van der Waals surface area contributed by atoms with E-state index in [1.54, 1.807) is 11.3 Å². The summed E-state index contributed by atoms with van der Waals surface area (Å²) in [4.78, 5) is 5.99. The van der Waals surface area contributed by atoms with Crippen molar-refractivity contribution in [3.05, 3.63) is 52.5 Å². The van der Waals surface area contributed by atoms with Gasteiger partial charge in [-0.2, -0.15) is 9.78 Å². The van der Waals surface area contributed by atoms with Crippen molar-refractivity contribution >= 4 is 33.8 Å². The van der Waals surface area contributed by atoms with Crippen LogP contribution < -0.4 is 4.90 Å². The summed E-state index contributed by atoms with van der Waals surface area (Å²) in [5.74, 6) is 0.919. The van der Waals surface area contributed by atoms with Crippen LogP contribution in [-0.2, 0) is 19.8 Å². The minimum absolute atomic E-state index is 0.696. The monoisotopic (exact) mass is 346 g/mol. The normalized spacial score (nSPS) is 12.6. The van der Waals surface area contributed by atoms with Crippen LogP contribution in [0.4, 0.5) is 0 Å². The van der Waals surface area contributed by atoms with Crippen molar-refractivity contribution < 1.29 is 4.90 Å². The molecule has 120 valence electrons. The first-order valence-corrected chi connectivity index (χ1v) is 8.72. The summed E-state index contributed by atoms with van der Waals surface area (Å²) < 4.78 is 5.86. The topological polar surface area (TPSA) is 40.1 Å². The standard InChI is InChI=1S/C16H19N5S2/c1-4-9-20-12(2)18-21(16(20)22)11-19(3)10-15-17-13-7-5-6-8-14(13)23-15/h4-8H,1,9-11H2,2-3H3/p+1. The van der Waals surface area contributed by atoms with E-state index >= 15 is 0 Å². The molecule has 1 unspecified atom stereocenters. The van der Waals surface area contributed by atoms with E-state index in [0.29, 0.717) is 6.54 Å². The molecule has 0 bridgehead atoms. The van der Waals surface area contributed by atoms with E-state index in [0.717, 1.165) is 34.3 Å². The van der Waals surface area contributed by atoms with Crippen LogP contribution in [-0.4, -0.2) is 26.4 Å². The second kappa shape index (κ2) is 6.74. The maximum Gasteiger partial charge on any atom is 0.203 e. The molecule has 23 heavy (non-hydrogen) atoms. The molecule has 2 aromatic heterocycles. The number of aromatic nitrogens is 4. The highest BCUT2D eigenvalue weighted by Crippen LogP contribution is 2.20. The van der Waals surface area contributed by atoms with Crippen LogP contribution in [0, 0.1) is 11.7 Å². The van der Waals surface area contributed by atoms with Gasteiger partial charge in [-0.15, -0.1) is 17.9 Å². The van der Waals surface area contributed by atoms with Crippen LogP contribution in [0.3, 0.4) is 0 Å². The van der Waals surface area contributed by atoms with Gasteiger partial charge in [0.2, 0.25) is 4.77 Å². The molecule has 3 aromatic rings. The minimum Gasteiger partial charge on any atom is -0.313 e. The molecule has 0 saturated heterocycles. The molecule has 0 aliphatic heterocycles. The number of hydrogen-bond acceptors (Lipinski definition) is 4. The van der Waals surface area contributed by atoms with E-state index in [9.17, 15) is 0 Å². The first kappa shape index (κ1) is 16.0. The maximum absolute atomic E-state index is 5.50. The molecule has 1 atom stereocenters. The maximum atomic E-state index is 5.50. The van der Waals surface area contributed by atoms with Crippen molar-refractivity contribution in [3.63, 3.8) is 0 Å². The van der Waals surface area contributed by atoms with Crippen molar-refractivity contribution in [3.8, 4) is 0 Å². The Morgan fingerprint density at radius 1 is 1.39 bits per heavy atom. The molecule has 0 fully saturated rings. The highest BCUT2D eigenvalue weighted by molar-refractivity contribution is 7.71. The molecule has 0 amide bonds. The van der Waals surface area contributed by atoms with Gasteiger partial charge in [-0.3, -0.25) is 0 Å². The van der Waals surface area contributed by atoms with E-state index in [2.05, 4.69) is 36.9 Å². The molecular formula is C16H20N5S2+. The summed E-state index contributed by atoms with van der Waals surface area (Å²) in [6, 6.07) is 8.25. The smallest absolute Gasteiger partial charge is 0.203 e. The molecule has 3 rings (SSSR count). The van der Waals surface area contributed by atoms with Crippen molar-refractivity contribution in [2.45, 2.75) is 26.7 Å². The third-order valence-electron chi connectivity index (χ3n) is 3.63. The van der Waals surface area contributed by atoms with E-state index in [1.165, 1.54) is 9.60 Å². The Labute approximate surface area is 144 Å². The predicted molar refractivity (Wildman–Crippen MR) is 96.2 cm³/mol. The second-order valence-electron chi connectivity index (χ2n) is 5.60. The molecule has 5 nitrogen and oxygen atoms in total. The Morgan fingerprint density at radius 3 is 2.91 bits per heavy atom. The number of fused-ring (bicyclic) bond motifs is 1. The van der Waals surface area contributed by atoms with Crippen LogP contribution in [0.5, 0.6) is 0 Å². The van der Waals surface area contributed by atoms with Crippen LogP contribution in [0.15, 0.2) is 36.9 Å². The Hall–Kier alpha value is -1.83. The Kier molecular flexibility index (Phi) is 4.70. The quantitative estimate of drug-likeness (QED) is 0.549. The van der Waals surface area contributed by atoms with Crippen LogP contribution >= 0.6 is 23.6 Å². The Balaban J connectivity index is 1.74. The van der Waals surface area contributed by atoms with Gasteiger partial charge in [0.15, 0.2) is 6.67 Å². The van der Waals surface area contributed by atoms with Gasteiger partial charge in [0.1, 0.15) is 17.4 Å². The van der Waals surface area contributed by atoms with Gasteiger partial charge < -0.3 is 9.47 Å². The molecule has 0 aliphatic rings. The fourth-order valence-corrected chi connectivity index (χ4v) is 3.95. The first-order valence-electron chi connectivity index (χ1n) is 7.49. The van der Waals surface area contributed by atoms with Crippen molar-refractivity contribution in [1.29, 1.82) is 0 Å². The van der Waals surface area contributed by atoms with E-state index in [-0.39, 0.29) is 0 Å². The average Bonchev–Trinajstić information content (AvgIpc) is 3.03. The number of rotatable bonds is 6. The van der Waals surface area contributed by atoms with Gasteiger partial charge in [0.25, 0.3) is 0 Å². The zero-order chi connectivity index (χ0) is 16.4. The van der Waals surface area contributed by atoms with Crippen molar-refractivity contribution in [2.24, 2.45) is 0 Å². The van der Waals surface area contributed by atoms with E-state index < -0.39 is 0 Å². The number of nitrogens with one attached hydrogen (secondary N) is 1. The minimum atomic E-state index is 0.696. The molecule has 1 N–H and O–H groups in total. The van der Waals surface area contributed by atoms with Gasteiger partial charge in [0.05, 0.1) is 17.3 Å². The molecule has 2 heterocycles. The third-order valence-corrected chi connectivity index (χ3v) is 5.10. The summed E-state index contributed by atoms with van der Waals surface area (Å²) >= 11 is 7.25. The van der Waals surface area contributed by atoms with E-state index in [4.69, 9.17) is 17.2 Å². The summed E-state index contributed by atoms with van der Waals surface area (Å²) in [6.07, 6.45) is 1.84. The van der Waals surface area contributed by atoms with Gasteiger partial charge in [-0.25, -0.2) is 4.98 Å². The lowest BCUT2D eigenvalue weighted by atomic mass is 10.3. The number of hydrogen-bond donors (Lipinski definition) is 1. The molecule has 0 radical (unpaired) electrons. The Bertz CT molecular complexity index is 856. The zero-order valence-electron chi connectivity index (χ0n) is 13.3. The molecule has 1 aromatic carbocycles. The highest BCUT2D eigenvalue weighted by Gasteiger charge is 2.13. The predicted octanol–water partition coefficient (Wildman–Crippen LogP) is 2.19. The summed E-state index contributed by atoms with van der Waals surface area (Å²) in [5.41, 5.74) is 1.07. The van der Waals surface area contributed by atoms with Gasteiger partial charge in [-0.05, 0) is 31.3 Å². The van der Waals surface area contributed by atoms with Crippen LogP contribution in [0.25, 0.3) is 10.2 Å². The van der Waals surface area contributed by atoms with Gasteiger partial charge >= 0.3 is 0 Å². The number of quaternary nitrogens is 1. The fraction of sp³-hybridized carbons (Fsp3) is 0.312. The van der Waals surface area contributed by atoms with Crippen LogP contribution in [0.2, 0.25) is 0 Å². The molecular weight excluding hydrogens is 326 g/mol. The summed E-state index contributed by atoms with van der Waals surface area (Å²) in [5, 5.41) is 5.68. The molecule has 7 heteroatoms. The Morgan fingerprint density at radius 2 is 2.17 bits per heavy atom. The summed E-state index contributed by atoms with van der Waals surface area (Å²) in [6.45, 7) is 8.01. The number of benzene rings is 1. The summed E-state index contributed by atoms with van der Waals surface area (Å²) in [7, 11) is 2.13. The number of aryl methyl sites for hydroxylation is 1. The average molecular weight is 347 g/mol. The zero-order valence-corrected chi connectivity index (χ0v) is 15.0. The lowest BCUT2D eigenvalue weighted by Gasteiger charge is -2.11.